The third-order valence-electron chi connectivity index (χ3n) is 2.87. The topological polar surface area (TPSA) is 46.2 Å². The number of hydrogen-bond acceptors (Lipinski definition) is 3. The molecule has 96 valence electrons. The van der Waals surface area contributed by atoms with Gasteiger partial charge in [-0.1, -0.05) is 6.07 Å². The summed E-state index contributed by atoms with van der Waals surface area (Å²) in [6.07, 6.45) is 0. The fourth-order valence-electron chi connectivity index (χ4n) is 1.90. The molecule has 2 rings (SSSR count). The number of thiophene rings is 1. The van der Waals surface area contributed by atoms with Crippen LogP contribution in [0.15, 0.2) is 24.3 Å². The van der Waals surface area contributed by atoms with Gasteiger partial charge in [0.25, 0.3) is 0 Å². The van der Waals surface area contributed by atoms with Crippen molar-refractivity contribution in [3.63, 3.8) is 0 Å². The van der Waals surface area contributed by atoms with E-state index in [9.17, 15) is 9.50 Å². The lowest BCUT2D eigenvalue weighted by Crippen LogP contribution is -2.16. The van der Waals surface area contributed by atoms with Crippen LogP contribution < -0.4 is 5.73 Å². The lowest BCUT2D eigenvalue weighted by atomic mass is 9.93. The van der Waals surface area contributed by atoms with Crippen LogP contribution in [0.25, 0.3) is 10.4 Å². The smallest absolute Gasteiger partial charge is 0.132 e. The highest BCUT2D eigenvalue weighted by molar-refractivity contribution is 7.19. The van der Waals surface area contributed by atoms with Gasteiger partial charge in [-0.15, -0.1) is 11.3 Å². The molecule has 1 aromatic carbocycles. The van der Waals surface area contributed by atoms with Crippen molar-refractivity contribution in [3.05, 3.63) is 41.2 Å². The van der Waals surface area contributed by atoms with Crippen LogP contribution in [0.2, 0.25) is 0 Å². The minimum absolute atomic E-state index is 0.325. The van der Waals surface area contributed by atoms with E-state index in [1.54, 1.807) is 19.9 Å². The van der Waals surface area contributed by atoms with Crippen LogP contribution >= 0.6 is 11.3 Å². The van der Waals surface area contributed by atoms with Crippen LogP contribution in [0.4, 0.5) is 9.39 Å². The van der Waals surface area contributed by atoms with Crippen molar-refractivity contribution in [1.82, 2.24) is 0 Å². The molecule has 0 bridgehead atoms. The van der Waals surface area contributed by atoms with Crippen LogP contribution in [-0.2, 0) is 5.60 Å². The van der Waals surface area contributed by atoms with E-state index in [1.165, 1.54) is 17.4 Å². The first-order valence-electron chi connectivity index (χ1n) is 5.67. The number of halogens is 1. The Kier molecular flexibility index (Phi) is 3.17. The Balaban J connectivity index is 2.58. The molecular weight excluding hydrogens is 249 g/mol. The molecule has 0 aliphatic heterocycles. The summed E-state index contributed by atoms with van der Waals surface area (Å²) in [4.78, 5) is 0.810. The van der Waals surface area contributed by atoms with Crippen molar-refractivity contribution in [2.45, 2.75) is 26.4 Å². The number of nitrogens with two attached hydrogens (primary N) is 1. The largest absolute Gasteiger partial charge is 0.391 e. The molecule has 0 radical (unpaired) electrons. The number of nitrogen functional groups attached to an aromatic ring is 1. The average Bonchev–Trinajstić information content (AvgIpc) is 2.62. The first kappa shape index (κ1) is 13.1. The Morgan fingerprint density at radius 2 is 1.94 bits per heavy atom. The van der Waals surface area contributed by atoms with E-state index < -0.39 is 5.60 Å². The summed E-state index contributed by atoms with van der Waals surface area (Å²) in [6.45, 7) is 5.12. The second kappa shape index (κ2) is 4.37. The molecule has 18 heavy (non-hydrogen) atoms. The Bertz CT molecular complexity index is 561. The summed E-state index contributed by atoms with van der Waals surface area (Å²) in [5.41, 5.74) is 6.56. The Morgan fingerprint density at radius 3 is 2.39 bits per heavy atom. The van der Waals surface area contributed by atoms with Gasteiger partial charge in [0.2, 0.25) is 0 Å². The first-order chi connectivity index (χ1) is 8.29. The summed E-state index contributed by atoms with van der Waals surface area (Å²) >= 11 is 1.36. The fraction of sp³-hybridized carbons (Fsp3) is 0.286. The SMILES string of the molecule is Cc1cc(C(C)(C)O)cc(F)c1-c1ccc(N)s1. The van der Waals surface area contributed by atoms with Gasteiger partial charge in [0.15, 0.2) is 0 Å². The van der Waals surface area contributed by atoms with E-state index in [0.29, 0.717) is 16.1 Å². The van der Waals surface area contributed by atoms with Gasteiger partial charge >= 0.3 is 0 Å². The summed E-state index contributed by atoms with van der Waals surface area (Å²) in [6, 6.07) is 6.78. The Hall–Kier alpha value is -1.39. The summed E-state index contributed by atoms with van der Waals surface area (Å²) in [5, 5.41) is 10.6. The summed E-state index contributed by atoms with van der Waals surface area (Å²) < 4.78 is 14.2. The fourth-order valence-corrected chi connectivity index (χ4v) is 2.78. The minimum Gasteiger partial charge on any atom is -0.391 e. The second-order valence-electron chi connectivity index (χ2n) is 4.91. The van der Waals surface area contributed by atoms with Crippen LogP contribution in [-0.4, -0.2) is 5.11 Å². The highest BCUT2D eigenvalue weighted by Gasteiger charge is 2.20. The predicted octanol–water partition coefficient (Wildman–Crippen LogP) is 3.67. The van der Waals surface area contributed by atoms with Gasteiger partial charge in [-0.05, 0) is 50.1 Å². The van der Waals surface area contributed by atoms with E-state index in [0.717, 1.165) is 10.4 Å². The molecule has 2 nitrogen and oxygen atoms in total. The Labute approximate surface area is 110 Å². The molecule has 0 spiro atoms. The van der Waals surface area contributed by atoms with Crippen LogP contribution in [0.1, 0.15) is 25.0 Å². The second-order valence-corrected chi connectivity index (χ2v) is 6.03. The van der Waals surface area contributed by atoms with Crippen LogP contribution in [0.3, 0.4) is 0 Å². The zero-order chi connectivity index (χ0) is 13.5. The van der Waals surface area contributed by atoms with Gasteiger partial charge in [0.05, 0.1) is 10.6 Å². The van der Waals surface area contributed by atoms with Gasteiger partial charge < -0.3 is 10.8 Å². The van der Waals surface area contributed by atoms with Crippen LogP contribution in [0, 0.1) is 12.7 Å². The molecule has 0 amide bonds. The van der Waals surface area contributed by atoms with E-state index in [4.69, 9.17) is 5.73 Å². The third kappa shape index (κ3) is 2.40. The molecule has 0 fully saturated rings. The summed E-state index contributed by atoms with van der Waals surface area (Å²) in [7, 11) is 0. The molecule has 1 heterocycles. The number of anilines is 1. The van der Waals surface area contributed by atoms with Gasteiger partial charge in [-0.3, -0.25) is 0 Å². The molecule has 1 aromatic heterocycles. The maximum absolute atomic E-state index is 14.2. The number of rotatable bonds is 2. The van der Waals surface area contributed by atoms with Crippen molar-refractivity contribution in [2.24, 2.45) is 0 Å². The molecule has 4 heteroatoms. The predicted molar refractivity (Wildman–Crippen MR) is 74.1 cm³/mol. The molecule has 0 unspecified atom stereocenters. The van der Waals surface area contributed by atoms with Gasteiger partial charge in [-0.2, -0.15) is 0 Å². The maximum atomic E-state index is 14.2. The summed E-state index contributed by atoms with van der Waals surface area (Å²) in [5.74, 6) is -0.325. The lowest BCUT2D eigenvalue weighted by Gasteiger charge is -2.19. The molecule has 0 saturated heterocycles. The number of aryl methyl sites for hydroxylation is 1. The van der Waals surface area contributed by atoms with Crippen molar-refractivity contribution in [2.75, 3.05) is 5.73 Å². The van der Waals surface area contributed by atoms with Crippen molar-refractivity contribution in [1.29, 1.82) is 0 Å². The maximum Gasteiger partial charge on any atom is 0.132 e. The van der Waals surface area contributed by atoms with Crippen LogP contribution in [0.5, 0.6) is 0 Å². The van der Waals surface area contributed by atoms with E-state index in [-0.39, 0.29) is 5.82 Å². The molecular formula is C14H16FNOS. The molecule has 0 aliphatic rings. The van der Waals surface area contributed by atoms with Gasteiger partial charge in [-0.25, -0.2) is 4.39 Å². The highest BCUT2D eigenvalue weighted by Crippen LogP contribution is 2.35. The molecule has 0 aliphatic carbocycles. The van der Waals surface area contributed by atoms with E-state index in [1.807, 2.05) is 19.1 Å². The monoisotopic (exact) mass is 265 g/mol. The molecule has 0 saturated carbocycles. The highest BCUT2D eigenvalue weighted by atomic mass is 32.1. The number of benzene rings is 1. The minimum atomic E-state index is -1.04. The lowest BCUT2D eigenvalue weighted by molar-refractivity contribution is 0.0782. The van der Waals surface area contributed by atoms with Gasteiger partial charge in [0.1, 0.15) is 5.82 Å². The van der Waals surface area contributed by atoms with E-state index in [2.05, 4.69) is 0 Å². The van der Waals surface area contributed by atoms with Crippen molar-refractivity contribution in [3.8, 4) is 10.4 Å². The molecule has 2 aromatic rings. The molecule has 0 atom stereocenters. The standard InChI is InChI=1S/C14H16FNOS/c1-8-6-9(14(2,3)17)7-10(15)13(8)11-4-5-12(16)18-11/h4-7,17H,16H2,1-3H3. The average molecular weight is 265 g/mol. The number of hydrogen-bond donors (Lipinski definition) is 2. The zero-order valence-corrected chi connectivity index (χ0v) is 11.4. The number of aliphatic hydroxyl groups is 1. The first-order valence-corrected chi connectivity index (χ1v) is 6.49. The van der Waals surface area contributed by atoms with E-state index >= 15 is 0 Å². The van der Waals surface area contributed by atoms with Gasteiger partial charge in [0, 0.05) is 10.4 Å². The molecule has 3 N–H and O–H groups in total. The zero-order valence-electron chi connectivity index (χ0n) is 10.6. The third-order valence-corrected chi connectivity index (χ3v) is 3.80. The van der Waals surface area contributed by atoms with Crippen molar-refractivity contribution >= 4 is 16.3 Å². The van der Waals surface area contributed by atoms with Crippen molar-refractivity contribution < 1.29 is 9.50 Å². The quantitative estimate of drug-likeness (QED) is 0.870. The normalized spacial score (nSPS) is 11.8. The Morgan fingerprint density at radius 1 is 1.28 bits per heavy atom.